The number of aliphatic hydroxyl groups excluding tert-OH is 1. The number of rotatable bonds is 5. The van der Waals surface area contributed by atoms with Gasteiger partial charge in [-0.05, 0) is 30.2 Å². The van der Waals surface area contributed by atoms with Crippen molar-refractivity contribution in [3.05, 3.63) is 47.4 Å². The van der Waals surface area contributed by atoms with Gasteiger partial charge >= 0.3 is 0 Å². The van der Waals surface area contributed by atoms with Gasteiger partial charge in [-0.2, -0.15) is 5.10 Å². The molecule has 3 N–H and O–H groups in total. The number of nitrogens with zero attached hydrogens (tertiary/aromatic N) is 4. The number of amides is 1. The number of carbonyl (C=O) groups excluding carboxylic acids is 1. The number of aliphatic hydroxyl groups is 1. The van der Waals surface area contributed by atoms with E-state index in [1.54, 1.807) is 30.2 Å². The number of nitrogens with two attached hydrogens (primary N) is 1. The van der Waals surface area contributed by atoms with Crippen LogP contribution in [0, 0.1) is 0 Å². The molecule has 0 radical (unpaired) electrons. The normalized spacial score (nSPS) is 16.9. The van der Waals surface area contributed by atoms with Crippen LogP contribution >= 0.6 is 11.3 Å². The predicted octanol–water partition coefficient (Wildman–Crippen LogP) is 1.04. The van der Waals surface area contributed by atoms with Crippen molar-refractivity contribution in [1.82, 2.24) is 19.7 Å². The molecular formula is C19H21N5O4S2. The molecule has 3 heterocycles. The Hall–Kier alpha value is -2.60. The second kappa shape index (κ2) is 7.91. The molecule has 4 rings (SSSR count). The predicted molar refractivity (Wildman–Crippen MR) is 111 cm³/mol. The van der Waals surface area contributed by atoms with Crippen molar-refractivity contribution in [2.24, 2.45) is 12.8 Å². The van der Waals surface area contributed by atoms with Gasteiger partial charge in [-0.25, -0.2) is 13.4 Å². The Morgan fingerprint density at radius 1 is 1.30 bits per heavy atom. The van der Waals surface area contributed by atoms with Gasteiger partial charge in [-0.15, -0.1) is 11.3 Å². The van der Waals surface area contributed by atoms with Crippen molar-refractivity contribution in [2.75, 3.05) is 13.1 Å². The first kappa shape index (κ1) is 20.7. The molecule has 0 saturated carbocycles. The largest absolute Gasteiger partial charge is 0.391 e. The van der Waals surface area contributed by atoms with Crippen LogP contribution in [0.4, 0.5) is 0 Å². The molecule has 9 nitrogen and oxygen atoms in total. The van der Waals surface area contributed by atoms with Crippen molar-refractivity contribution in [1.29, 1.82) is 0 Å². The summed E-state index contributed by atoms with van der Waals surface area (Å²) in [5.74, 6) is -0.319. The summed E-state index contributed by atoms with van der Waals surface area (Å²) in [6.07, 6.45) is 4.59. The van der Waals surface area contributed by atoms with Crippen molar-refractivity contribution < 1.29 is 18.3 Å². The summed E-state index contributed by atoms with van der Waals surface area (Å²) in [4.78, 5) is 18.6. The highest BCUT2D eigenvalue weighted by molar-refractivity contribution is 7.93. The van der Waals surface area contributed by atoms with Crippen LogP contribution in [0.15, 0.2) is 45.9 Å². The molecule has 1 fully saturated rings. The second-order valence-corrected chi connectivity index (χ2v) is 10.4. The molecule has 1 atom stereocenters. The molecule has 1 amide bonds. The van der Waals surface area contributed by atoms with E-state index in [-0.39, 0.29) is 33.7 Å². The average Bonchev–Trinajstić information content (AvgIpc) is 3.47. The Kier molecular flexibility index (Phi) is 5.45. The molecule has 158 valence electrons. The Balaban J connectivity index is 1.82. The number of aromatic nitrogens is 3. The van der Waals surface area contributed by atoms with Gasteiger partial charge in [0, 0.05) is 44.0 Å². The van der Waals surface area contributed by atoms with E-state index in [1.807, 2.05) is 0 Å². The first-order chi connectivity index (χ1) is 14.3. The van der Waals surface area contributed by atoms with E-state index in [0.29, 0.717) is 29.1 Å². The molecule has 1 saturated heterocycles. The van der Waals surface area contributed by atoms with E-state index in [0.717, 1.165) is 11.3 Å². The minimum absolute atomic E-state index is 0.000769. The van der Waals surface area contributed by atoms with Gasteiger partial charge < -0.3 is 15.7 Å². The summed E-state index contributed by atoms with van der Waals surface area (Å²) in [6, 6.07) is 4.56. The molecule has 0 aliphatic carbocycles. The first-order valence-corrected chi connectivity index (χ1v) is 11.6. The Morgan fingerprint density at radius 3 is 2.70 bits per heavy atom. The number of β-amino-alcohol motifs (C(OH)–C–C–N with tert-alkyl or cyclic N) is 1. The van der Waals surface area contributed by atoms with Crippen LogP contribution in [0.5, 0.6) is 0 Å². The number of hydrogen-bond acceptors (Lipinski definition) is 8. The summed E-state index contributed by atoms with van der Waals surface area (Å²) in [5, 5.41) is 14.4. The lowest BCUT2D eigenvalue weighted by Crippen LogP contribution is -2.29. The lowest BCUT2D eigenvalue weighted by molar-refractivity contribution is 0.0765. The molecule has 11 heteroatoms. The zero-order valence-electron chi connectivity index (χ0n) is 16.2. The molecule has 30 heavy (non-hydrogen) atoms. The summed E-state index contributed by atoms with van der Waals surface area (Å²) >= 11 is 1.01. The number of likely N-dealkylation sites (tertiary alicyclic amines) is 1. The van der Waals surface area contributed by atoms with Gasteiger partial charge in [0.2, 0.25) is 9.84 Å². The smallest absolute Gasteiger partial charge is 0.254 e. The monoisotopic (exact) mass is 447 g/mol. The minimum Gasteiger partial charge on any atom is -0.391 e. The van der Waals surface area contributed by atoms with Crippen molar-refractivity contribution in [2.45, 2.75) is 28.2 Å². The third-order valence-electron chi connectivity index (χ3n) is 4.92. The molecule has 0 unspecified atom stereocenters. The van der Waals surface area contributed by atoms with Gasteiger partial charge in [0.05, 0.1) is 23.4 Å². The maximum absolute atomic E-state index is 13.2. The number of hydrogen-bond donors (Lipinski definition) is 2. The van der Waals surface area contributed by atoms with Crippen molar-refractivity contribution in [3.8, 4) is 11.1 Å². The number of carbonyl (C=O) groups is 1. The zero-order chi connectivity index (χ0) is 21.5. The van der Waals surface area contributed by atoms with Crippen LogP contribution in [0.3, 0.4) is 0 Å². The highest BCUT2D eigenvalue weighted by Crippen LogP contribution is 2.31. The van der Waals surface area contributed by atoms with E-state index in [9.17, 15) is 18.3 Å². The molecule has 1 aliphatic rings. The lowest BCUT2D eigenvalue weighted by atomic mass is 10.1. The fraction of sp³-hybridized carbons (Fsp3) is 0.316. The Morgan fingerprint density at radius 2 is 2.10 bits per heavy atom. The zero-order valence-corrected chi connectivity index (χ0v) is 17.9. The van der Waals surface area contributed by atoms with Crippen molar-refractivity contribution in [3.63, 3.8) is 0 Å². The minimum atomic E-state index is -3.89. The van der Waals surface area contributed by atoms with E-state index in [2.05, 4.69) is 10.1 Å². The Labute approximate surface area is 177 Å². The van der Waals surface area contributed by atoms with E-state index in [4.69, 9.17) is 5.73 Å². The SMILES string of the molecule is Cn1cc(-c2cc(C(=O)N3CC[C@@H](O)C3)cc(S(=O)(=O)c3cnc(CN)s3)c2)cn1. The fourth-order valence-electron chi connectivity index (χ4n) is 3.35. The standard InChI is InChI=1S/C19H21N5O4S2/c1-23-10-14(8-22-23)12-4-13(19(26)24-3-2-15(25)11-24)6-16(5-12)30(27,28)18-9-21-17(7-20)29-18/h4-6,8-10,15,25H,2-3,7,11,20H2,1H3/t15-/m1/s1. The van der Waals surface area contributed by atoms with Crippen LogP contribution < -0.4 is 5.73 Å². The lowest BCUT2D eigenvalue weighted by Gasteiger charge is -2.17. The molecule has 0 bridgehead atoms. The van der Waals surface area contributed by atoms with Crippen LogP contribution in [0.25, 0.3) is 11.1 Å². The maximum Gasteiger partial charge on any atom is 0.254 e. The van der Waals surface area contributed by atoms with Crippen LogP contribution in [0.1, 0.15) is 21.8 Å². The van der Waals surface area contributed by atoms with Gasteiger partial charge in [0.25, 0.3) is 5.91 Å². The summed E-state index contributed by atoms with van der Waals surface area (Å²) in [6.45, 7) is 0.803. The first-order valence-electron chi connectivity index (χ1n) is 9.29. The van der Waals surface area contributed by atoms with E-state index < -0.39 is 15.9 Å². The van der Waals surface area contributed by atoms with Gasteiger partial charge in [0.1, 0.15) is 9.22 Å². The maximum atomic E-state index is 13.2. The molecule has 3 aromatic rings. The quantitative estimate of drug-likeness (QED) is 0.597. The van der Waals surface area contributed by atoms with Crippen LogP contribution in [-0.2, 0) is 23.4 Å². The highest BCUT2D eigenvalue weighted by Gasteiger charge is 2.28. The molecule has 2 aromatic heterocycles. The third-order valence-corrected chi connectivity index (χ3v) is 8.14. The molecular weight excluding hydrogens is 426 g/mol. The van der Waals surface area contributed by atoms with Gasteiger partial charge in [-0.1, -0.05) is 0 Å². The average molecular weight is 448 g/mol. The third kappa shape index (κ3) is 3.88. The highest BCUT2D eigenvalue weighted by atomic mass is 32.2. The van der Waals surface area contributed by atoms with Gasteiger partial charge in [0.15, 0.2) is 0 Å². The molecule has 0 spiro atoms. The van der Waals surface area contributed by atoms with Crippen LogP contribution in [0.2, 0.25) is 0 Å². The summed E-state index contributed by atoms with van der Waals surface area (Å²) in [7, 11) is -2.13. The van der Waals surface area contributed by atoms with E-state index >= 15 is 0 Å². The molecule has 1 aromatic carbocycles. The number of benzene rings is 1. The Bertz CT molecular complexity index is 1200. The van der Waals surface area contributed by atoms with Crippen molar-refractivity contribution >= 4 is 27.1 Å². The molecule has 1 aliphatic heterocycles. The van der Waals surface area contributed by atoms with Gasteiger partial charge in [-0.3, -0.25) is 9.48 Å². The topological polar surface area (TPSA) is 131 Å². The summed E-state index contributed by atoms with van der Waals surface area (Å²) in [5.41, 5.74) is 7.07. The van der Waals surface area contributed by atoms with Crippen LogP contribution in [-0.4, -0.2) is 58.3 Å². The number of sulfone groups is 1. The fourth-order valence-corrected chi connectivity index (χ4v) is 5.88. The number of thiazole rings is 1. The number of aryl methyl sites for hydroxylation is 1. The second-order valence-electron chi connectivity index (χ2n) is 7.12. The van der Waals surface area contributed by atoms with E-state index in [1.165, 1.54) is 23.2 Å². The summed E-state index contributed by atoms with van der Waals surface area (Å²) < 4.78 is 28.2.